The van der Waals surface area contributed by atoms with Gasteiger partial charge in [-0.2, -0.15) is 0 Å². The van der Waals surface area contributed by atoms with Gasteiger partial charge in [0.15, 0.2) is 11.7 Å². The average Bonchev–Trinajstić information content (AvgIpc) is 3.26. The molecule has 0 aliphatic rings. The van der Waals surface area contributed by atoms with Crippen LogP contribution in [0.15, 0.2) is 216 Å². The van der Waals surface area contributed by atoms with Crippen molar-refractivity contribution < 1.29 is 0 Å². The van der Waals surface area contributed by atoms with Crippen molar-refractivity contribution in [3.05, 3.63) is 234 Å². The lowest BCUT2D eigenvalue weighted by atomic mass is 9.95. The summed E-state index contributed by atoms with van der Waals surface area (Å²) in [6.07, 6.45) is 2.50. The van der Waals surface area contributed by atoms with Crippen LogP contribution in [0, 0.1) is 5.41 Å². The molecule has 4 heteroatoms. The third-order valence-electron chi connectivity index (χ3n) is 9.42. The molecule has 0 unspecified atom stereocenters. The predicted octanol–water partition coefficient (Wildman–Crippen LogP) is 12.2. The molecular weight excluding hydrogens is 669 g/mol. The van der Waals surface area contributed by atoms with Crippen molar-refractivity contribution in [2.75, 3.05) is 0 Å². The minimum absolute atomic E-state index is 0.148. The highest BCUT2D eigenvalue weighted by atomic mass is 14.9. The van der Waals surface area contributed by atoms with E-state index in [4.69, 9.17) is 20.4 Å². The molecule has 0 saturated carbocycles. The number of nitrogens with zero attached hydrogens (tertiary/aromatic N) is 3. The molecule has 0 amide bonds. The fraction of sp³-hybridized carbons (Fsp3) is 0.0196. The van der Waals surface area contributed by atoms with Gasteiger partial charge in [0, 0.05) is 35.0 Å². The van der Waals surface area contributed by atoms with Gasteiger partial charge in [0.05, 0.1) is 5.69 Å². The first-order valence-electron chi connectivity index (χ1n) is 18.4. The van der Waals surface area contributed by atoms with E-state index in [9.17, 15) is 0 Å². The lowest BCUT2D eigenvalue weighted by molar-refractivity contribution is 1.08. The molecule has 55 heavy (non-hydrogen) atoms. The zero-order chi connectivity index (χ0) is 37.2. The normalized spacial score (nSPS) is 11.5. The van der Waals surface area contributed by atoms with Crippen molar-refractivity contribution in [2.45, 2.75) is 6.42 Å². The van der Waals surface area contributed by atoms with Gasteiger partial charge >= 0.3 is 0 Å². The maximum absolute atomic E-state index is 9.00. The monoisotopic (exact) mass is 706 g/mol. The summed E-state index contributed by atoms with van der Waals surface area (Å²) in [5.41, 5.74) is 13.5. The predicted molar refractivity (Wildman–Crippen MR) is 229 cm³/mol. The zero-order valence-corrected chi connectivity index (χ0v) is 30.3. The van der Waals surface area contributed by atoms with Gasteiger partial charge in [-0.25, -0.2) is 9.98 Å². The molecule has 0 aliphatic heterocycles. The van der Waals surface area contributed by atoms with Gasteiger partial charge in [0.1, 0.15) is 0 Å². The summed E-state index contributed by atoms with van der Waals surface area (Å²) in [5.74, 6) is 0.634. The Morgan fingerprint density at radius 3 is 1.67 bits per heavy atom. The Labute approximate surface area is 322 Å². The van der Waals surface area contributed by atoms with E-state index < -0.39 is 0 Å². The molecule has 8 rings (SSSR count). The molecule has 0 fully saturated rings. The van der Waals surface area contributed by atoms with E-state index in [2.05, 4.69) is 115 Å². The van der Waals surface area contributed by atoms with Crippen LogP contribution < -0.4 is 0 Å². The van der Waals surface area contributed by atoms with E-state index in [0.717, 1.165) is 55.9 Å². The topological polar surface area (TPSA) is 61.5 Å². The summed E-state index contributed by atoms with van der Waals surface area (Å²) in [5, 5.41) is 9.00. The van der Waals surface area contributed by atoms with Gasteiger partial charge in [-0.15, -0.1) is 0 Å². The third kappa shape index (κ3) is 8.68. The van der Waals surface area contributed by atoms with Gasteiger partial charge in [-0.3, -0.25) is 10.4 Å². The molecule has 1 heterocycles. The molecular formula is C51H38N4. The number of benzene rings is 7. The first-order valence-corrected chi connectivity index (χ1v) is 18.4. The number of rotatable bonds is 9. The maximum atomic E-state index is 9.00. The van der Waals surface area contributed by atoms with E-state index in [1.54, 1.807) is 6.21 Å². The van der Waals surface area contributed by atoms with Gasteiger partial charge in [0.25, 0.3) is 0 Å². The molecule has 7 aromatic carbocycles. The van der Waals surface area contributed by atoms with Gasteiger partial charge in [-0.05, 0) is 68.8 Å². The van der Waals surface area contributed by atoms with Gasteiger partial charge < -0.3 is 0 Å². The first kappa shape index (κ1) is 34.8. The Bertz CT molecular complexity index is 2550. The van der Waals surface area contributed by atoms with Crippen LogP contribution in [0.1, 0.15) is 27.9 Å². The second kappa shape index (κ2) is 16.6. The minimum Gasteiger partial charge on any atom is -0.282 e. The number of aliphatic imine (C=N–C) groups is 2. The molecule has 0 radical (unpaired) electrons. The number of nitrogens with one attached hydrogen (secondary N) is 1. The van der Waals surface area contributed by atoms with E-state index >= 15 is 0 Å². The van der Waals surface area contributed by atoms with Crippen LogP contribution in [0.25, 0.3) is 44.6 Å². The molecule has 8 aromatic rings. The number of hydrogen-bond acceptors (Lipinski definition) is 2. The van der Waals surface area contributed by atoms with Crippen molar-refractivity contribution in [2.24, 2.45) is 9.98 Å². The van der Waals surface area contributed by atoms with Crippen molar-refractivity contribution >= 4 is 17.9 Å². The second-order valence-corrected chi connectivity index (χ2v) is 13.3. The number of pyridine rings is 1. The smallest absolute Gasteiger partial charge is 0.161 e. The Hall–Kier alpha value is -7.30. The highest BCUT2D eigenvalue weighted by Gasteiger charge is 2.11. The Morgan fingerprint density at radius 2 is 0.982 bits per heavy atom. The van der Waals surface area contributed by atoms with Crippen LogP contribution in [-0.4, -0.2) is 22.9 Å². The summed E-state index contributed by atoms with van der Waals surface area (Å²) in [6.45, 7) is 0. The van der Waals surface area contributed by atoms with Gasteiger partial charge in [-0.1, -0.05) is 182 Å². The fourth-order valence-corrected chi connectivity index (χ4v) is 6.63. The molecule has 262 valence electrons. The first-order chi connectivity index (χ1) is 27.1. The molecule has 1 aromatic heterocycles. The number of hydrogen-bond donors (Lipinski definition) is 1. The largest absolute Gasteiger partial charge is 0.282 e. The lowest BCUT2D eigenvalue weighted by Gasteiger charge is -2.12. The van der Waals surface area contributed by atoms with Crippen LogP contribution >= 0.6 is 0 Å². The lowest BCUT2D eigenvalue weighted by Crippen LogP contribution is -2.04. The van der Waals surface area contributed by atoms with Crippen molar-refractivity contribution in [1.29, 1.82) is 5.41 Å². The SMILES string of the molecule is N=C(N=C(N=Cc1ccccc1)c1ccccc1)c1cccc(-c2cccc(-c3cccc(Cc4cc(-c5ccccc5)cc(-c5ccccc5)n4)c3)c2)c1. The molecule has 0 aliphatic carbocycles. The highest BCUT2D eigenvalue weighted by molar-refractivity contribution is 6.13. The van der Waals surface area contributed by atoms with E-state index in [0.29, 0.717) is 17.8 Å². The van der Waals surface area contributed by atoms with Crippen molar-refractivity contribution in [3.63, 3.8) is 0 Å². The average molecular weight is 707 g/mol. The van der Waals surface area contributed by atoms with E-state index in [1.165, 1.54) is 11.1 Å². The molecule has 4 nitrogen and oxygen atoms in total. The summed E-state index contributed by atoms with van der Waals surface area (Å²) in [4.78, 5) is 14.6. The molecule has 0 atom stereocenters. The summed E-state index contributed by atoms with van der Waals surface area (Å²) >= 11 is 0. The van der Waals surface area contributed by atoms with Crippen LogP contribution in [-0.2, 0) is 6.42 Å². The summed E-state index contributed by atoms with van der Waals surface area (Å²) < 4.78 is 0. The molecule has 0 saturated heterocycles. The Kier molecular flexibility index (Phi) is 10.5. The zero-order valence-electron chi connectivity index (χ0n) is 30.3. The highest BCUT2D eigenvalue weighted by Crippen LogP contribution is 2.30. The fourth-order valence-electron chi connectivity index (χ4n) is 6.63. The summed E-state index contributed by atoms with van der Waals surface area (Å²) in [7, 11) is 0. The van der Waals surface area contributed by atoms with E-state index in [-0.39, 0.29) is 5.84 Å². The molecule has 0 bridgehead atoms. The van der Waals surface area contributed by atoms with Crippen LogP contribution in [0.2, 0.25) is 0 Å². The molecule has 0 spiro atoms. The number of aromatic nitrogens is 1. The quantitative estimate of drug-likeness (QED) is 0.118. The van der Waals surface area contributed by atoms with E-state index in [1.807, 2.05) is 91.0 Å². The van der Waals surface area contributed by atoms with Crippen LogP contribution in [0.3, 0.4) is 0 Å². The Morgan fingerprint density at radius 1 is 0.455 bits per heavy atom. The van der Waals surface area contributed by atoms with Gasteiger partial charge in [0.2, 0.25) is 0 Å². The van der Waals surface area contributed by atoms with Crippen molar-refractivity contribution in [1.82, 2.24) is 4.98 Å². The Balaban J connectivity index is 1.06. The van der Waals surface area contributed by atoms with Crippen LogP contribution in [0.5, 0.6) is 0 Å². The second-order valence-electron chi connectivity index (χ2n) is 13.3. The minimum atomic E-state index is 0.148. The van der Waals surface area contributed by atoms with Crippen molar-refractivity contribution in [3.8, 4) is 44.6 Å². The maximum Gasteiger partial charge on any atom is 0.161 e. The number of amidine groups is 2. The summed E-state index contributed by atoms with van der Waals surface area (Å²) in [6, 6.07) is 70.3. The standard InChI is InChI=1S/C51H38N4/c52-50(55-51(41-23-11-4-12-24-41)53-36-37-16-5-1-6-17-37)46-29-15-28-45(33-46)44-27-14-26-43(32-44)42-25-13-18-38(30-42)31-48-34-47(39-19-7-2-8-20-39)35-49(54-48)40-21-9-3-10-22-40/h1-30,32-36,52H,31H2. The van der Waals surface area contributed by atoms with Crippen LogP contribution in [0.4, 0.5) is 0 Å². The third-order valence-corrected chi connectivity index (χ3v) is 9.42. The molecule has 1 N–H and O–H groups in total.